The van der Waals surface area contributed by atoms with Gasteiger partial charge in [-0.05, 0) is 36.1 Å². The van der Waals surface area contributed by atoms with Crippen molar-refractivity contribution in [1.29, 1.82) is 0 Å². The Morgan fingerprint density at radius 3 is 2.05 bits per heavy atom. The second-order valence-corrected chi connectivity index (χ2v) is 7.47. The molecule has 0 amide bonds. The third kappa shape index (κ3) is 4.19. The fourth-order valence-corrected chi connectivity index (χ4v) is 3.01. The average Bonchev–Trinajstić information content (AvgIpc) is 2.16. The molecule has 1 aromatic carbocycles. The minimum atomic E-state index is -4.62. The highest BCUT2D eigenvalue weighted by molar-refractivity contribution is 7.86. The van der Waals surface area contributed by atoms with Gasteiger partial charge >= 0.3 is 10.1 Å². The van der Waals surface area contributed by atoms with Crippen LogP contribution < -0.4 is 4.18 Å². The molecule has 0 saturated carbocycles. The standard InChI is InChI=1S/C11H16O6S2/c1-7(2)9-6-10(17-18(4,12)13)8(3)5-11(9)19(14,15)16/h5-7H,1-4H3,(H,14,15,16)/p-1. The molecule has 8 heteroatoms. The topological polar surface area (TPSA) is 101 Å². The fraction of sp³-hybridized carbons (Fsp3) is 0.455. The van der Waals surface area contributed by atoms with Gasteiger partial charge in [0.25, 0.3) is 0 Å². The molecule has 0 radical (unpaired) electrons. The molecule has 0 aliphatic carbocycles. The smallest absolute Gasteiger partial charge is 0.306 e. The van der Waals surface area contributed by atoms with Crippen LogP contribution in [-0.2, 0) is 20.2 Å². The van der Waals surface area contributed by atoms with Crippen LogP contribution in [0.25, 0.3) is 0 Å². The summed E-state index contributed by atoms with van der Waals surface area (Å²) < 4.78 is 60.6. The zero-order valence-corrected chi connectivity index (χ0v) is 12.6. The summed E-state index contributed by atoms with van der Waals surface area (Å²) in [6, 6.07) is 2.42. The van der Waals surface area contributed by atoms with Crippen LogP contribution in [0.15, 0.2) is 17.0 Å². The van der Waals surface area contributed by atoms with E-state index < -0.39 is 20.2 Å². The minimum Gasteiger partial charge on any atom is -0.744 e. The molecule has 6 nitrogen and oxygen atoms in total. The van der Waals surface area contributed by atoms with E-state index in [4.69, 9.17) is 4.18 Å². The lowest BCUT2D eigenvalue weighted by atomic mass is 10.0. The van der Waals surface area contributed by atoms with Gasteiger partial charge in [0, 0.05) is 0 Å². The molecule has 0 bridgehead atoms. The Labute approximate surface area is 113 Å². The summed E-state index contributed by atoms with van der Waals surface area (Å²) in [4.78, 5) is -0.346. The van der Waals surface area contributed by atoms with Crippen LogP contribution in [0.1, 0.15) is 30.9 Å². The first kappa shape index (κ1) is 15.9. The molecule has 0 atom stereocenters. The zero-order valence-electron chi connectivity index (χ0n) is 11.0. The van der Waals surface area contributed by atoms with E-state index in [9.17, 15) is 21.4 Å². The monoisotopic (exact) mass is 307 g/mol. The molecule has 0 saturated heterocycles. The Morgan fingerprint density at radius 2 is 1.68 bits per heavy atom. The lowest BCUT2D eigenvalue weighted by Crippen LogP contribution is -2.10. The van der Waals surface area contributed by atoms with Crippen molar-refractivity contribution in [2.45, 2.75) is 31.6 Å². The van der Waals surface area contributed by atoms with Crippen molar-refractivity contribution in [3.63, 3.8) is 0 Å². The Balaban J connectivity index is 3.55. The first-order valence-corrected chi connectivity index (χ1v) is 8.64. The Morgan fingerprint density at radius 1 is 1.16 bits per heavy atom. The van der Waals surface area contributed by atoms with Crippen molar-refractivity contribution >= 4 is 20.2 Å². The number of benzene rings is 1. The molecule has 0 heterocycles. The second kappa shape index (κ2) is 5.10. The molecule has 19 heavy (non-hydrogen) atoms. The number of hydrogen-bond donors (Lipinski definition) is 0. The van der Waals surface area contributed by atoms with Crippen LogP contribution in [0, 0.1) is 6.92 Å². The average molecular weight is 307 g/mol. The van der Waals surface area contributed by atoms with Gasteiger partial charge in [0.2, 0.25) is 0 Å². The third-order valence-electron chi connectivity index (χ3n) is 2.44. The van der Waals surface area contributed by atoms with Crippen LogP contribution in [0.2, 0.25) is 0 Å². The van der Waals surface area contributed by atoms with Gasteiger partial charge in [-0.3, -0.25) is 0 Å². The van der Waals surface area contributed by atoms with Gasteiger partial charge in [-0.1, -0.05) is 13.8 Å². The predicted octanol–water partition coefficient (Wildman–Crippen LogP) is 1.36. The van der Waals surface area contributed by atoms with E-state index >= 15 is 0 Å². The molecule has 1 aromatic rings. The van der Waals surface area contributed by atoms with Crippen LogP contribution in [0.5, 0.6) is 5.75 Å². The van der Waals surface area contributed by atoms with Crippen LogP contribution in [-0.4, -0.2) is 27.6 Å². The first-order chi connectivity index (χ1) is 8.42. The summed E-state index contributed by atoms with van der Waals surface area (Å²) in [6.07, 6.45) is 0.889. The van der Waals surface area contributed by atoms with Crippen molar-refractivity contribution in [2.75, 3.05) is 6.26 Å². The summed E-state index contributed by atoms with van der Waals surface area (Å²) in [5.41, 5.74) is 0.503. The van der Waals surface area contributed by atoms with E-state index in [2.05, 4.69) is 0 Å². The molecule has 0 aromatic heterocycles. The summed E-state index contributed by atoms with van der Waals surface area (Å²) >= 11 is 0. The number of hydrogen-bond acceptors (Lipinski definition) is 6. The van der Waals surface area contributed by atoms with E-state index in [0.29, 0.717) is 0 Å². The van der Waals surface area contributed by atoms with Gasteiger partial charge in [0.15, 0.2) is 0 Å². The van der Waals surface area contributed by atoms with Crippen LogP contribution in [0.4, 0.5) is 0 Å². The van der Waals surface area contributed by atoms with Crippen LogP contribution in [0.3, 0.4) is 0 Å². The second-order valence-electron chi connectivity index (χ2n) is 4.55. The van der Waals surface area contributed by atoms with Gasteiger partial charge < -0.3 is 8.74 Å². The van der Waals surface area contributed by atoms with Crippen molar-refractivity contribution in [2.24, 2.45) is 0 Å². The Hall–Kier alpha value is -1.12. The Bertz CT molecular complexity index is 686. The quantitative estimate of drug-likeness (QED) is 0.615. The summed E-state index contributed by atoms with van der Waals surface area (Å²) in [5.74, 6) is -0.236. The van der Waals surface area contributed by atoms with Gasteiger partial charge in [-0.2, -0.15) is 8.42 Å². The van der Waals surface area contributed by atoms with Crippen molar-refractivity contribution < 1.29 is 25.6 Å². The third-order valence-corrected chi connectivity index (χ3v) is 3.81. The molecule has 1 rings (SSSR count). The van der Waals surface area contributed by atoms with Gasteiger partial charge in [0.1, 0.15) is 15.9 Å². The highest BCUT2D eigenvalue weighted by atomic mass is 32.2. The molecular formula is C11H15O6S2-. The molecule has 0 aliphatic rings. The van der Waals surface area contributed by atoms with Crippen LogP contribution >= 0.6 is 0 Å². The molecule has 108 valence electrons. The molecule has 0 spiro atoms. The van der Waals surface area contributed by atoms with Crippen molar-refractivity contribution in [3.8, 4) is 5.75 Å². The van der Waals surface area contributed by atoms with E-state index in [-0.39, 0.29) is 27.7 Å². The largest absolute Gasteiger partial charge is 0.744 e. The van der Waals surface area contributed by atoms with Gasteiger partial charge in [-0.15, -0.1) is 0 Å². The predicted molar refractivity (Wildman–Crippen MR) is 68.7 cm³/mol. The SMILES string of the molecule is Cc1cc(S(=O)(=O)[O-])c(C(C)C)cc1OS(C)(=O)=O. The van der Waals surface area contributed by atoms with Gasteiger partial charge in [-0.25, -0.2) is 8.42 Å². The number of aryl methyl sites for hydroxylation is 1. The Kier molecular flexibility index (Phi) is 4.28. The van der Waals surface area contributed by atoms with Crippen molar-refractivity contribution in [3.05, 3.63) is 23.3 Å². The first-order valence-electron chi connectivity index (χ1n) is 5.41. The maximum atomic E-state index is 11.2. The summed E-state index contributed by atoms with van der Waals surface area (Å²) in [6.45, 7) is 4.87. The van der Waals surface area contributed by atoms with E-state index in [1.807, 2.05) is 0 Å². The zero-order chi connectivity index (χ0) is 15.0. The summed E-state index contributed by atoms with van der Waals surface area (Å²) in [5, 5.41) is 0. The molecule has 0 N–H and O–H groups in total. The number of rotatable bonds is 4. The fourth-order valence-electron chi connectivity index (χ4n) is 1.60. The van der Waals surface area contributed by atoms with E-state index in [1.54, 1.807) is 13.8 Å². The summed E-state index contributed by atoms with van der Waals surface area (Å²) in [7, 11) is -8.33. The normalized spacial score (nSPS) is 12.7. The maximum absolute atomic E-state index is 11.2. The molecule has 0 aliphatic heterocycles. The lowest BCUT2D eigenvalue weighted by Gasteiger charge is -2.18. The van der Waals surface area contributed by atoms with E-state index in [0.717, 1.165) is 12.3 Å². The maximum Gasteiger partial charge on any atom is 0.306 e. The van der Waals surface area contributed by atoms with Gasteiger partial charge in [0.05, 0.1) is 11.2 Å². The minimum absolute atomic E-state index is 0.0265. The van der Waals surface area contributed by atoms with Crippen molar-refractivity contribution in [1.82, 2.24) is 0 Å². The molecular weight excluding hydrogens is 292 g/mol. The lowest BCUT2D eigenvalue weighted by molar-refractivity contribution is 0.461. The molecule has 0 unspecified atom stereocenters. The highest BCUT2D eigenvalue weighted by Crippen LogP contribution is 2.31. The molecule has 0 fully saturated rings. The van der Waals surface area contributed by atoms with E-state index in [1.165, 1.54) is 13.0 Å². The highest BCUT2D eigenvalue weighted by Gasteiger charge is 2.17.